The molecular weight excluding hydrogens is 292 g/mol. The molecular formula is C22H46N2+2. The monoisotopic (exact) mass is 338 g/mol. The first-order valence-electron chi connectivity index (χ1n) is 11.0. The molecule has 4 unspecified atom stereocenters. The lowest BCUT2D eigenvalue weighted by molar-refractivity contribution is -0.958. The largest absolute Gasteiger partial charge is 0.322 e. The van der Waals surface area contributed by atoms with Crippen LogP contribution < -0.4 is 0 Å². The van der Waals surface area contributed by atoms with E-state index < -0.39 is 0 Å². The number of quaternary nitrogens is 2. The van der Waals surface area contributed by atoms with Crippen molar-refractivity contribution in [2.75, 3.05) is 27.2 Å². The highest BCUT2D eigenvalue weighted by atomic mass is 15.4. The van der Waals surface area contributed by atoms with Crippen molar-refractivity contribution >= 4 is 0 Å². The summed E-state index contributed by atoms with van der Waals surface area (Å²) in [7, 11) is 5.05. The number of hydrogen-bond acceptors (Lipinski definition) is 0. The third-order valence-electron chi connectivity index (χ3n) is 8.55. The van der Waals surface area contributed by atoms with Crippen LogP contribution in [0.5, 0.6) is 0 Å². The number of piperidine rings is 2. The topological polar surface area (TPSA) is 0 Å². The molecule has 2 heterocycles. The van der Waals surface area contributed by atoms with E-state index in [-0.39, 0.29) is 0 Å². The fourth-order valence-electron chi connectivity index (χ4n) is 5.61. The Kier molecular flexibility index (Phi) is 7.20. The van der Waals surface area contributed by atoms with E-state index in [0.29, 0.717) is 0 Å². The first-order valence-corrected chi connectivity index (χ1v) is 11.0. The predicted molar refractivity (Wildman–Crippen MR) is 106 cm³/mol. The summed E-state index contributed by atoms with van der Waals surface area (Å²) in [5, 5.41) is 0. The van der Waals surface area contributed by atoms with Crippen molar-refractivity contribution in [2.45, 2.75) is 116 Å². The maximum Gasteiger partial charge on any atom is 0.0861 e. The van der Waals surface area contributed by atoms with E-state index >= 15 is 0 Å². The van der Waals surface area contributed by atoms with Crippen molar-refractivity contribution in [1.82, 2.24) is 0 Å². The van der Waals surface area contributed by atoms with Crippen LogP contribution in [-0.4, -0.2) is 60.3 Å². The summed E-state index contributed by atoms with van der Waals surface area (Å²) in [4.78, 5) is 0. The predicted octanol–water partition coefficient (Wildman–Crippen LogP) is 5.36. The summed E-state index contributed by atoms with van der Waals surface area (Å²) < 4.78 is 2.67. The van der Waals surface area contributed by atoms with Crippen LogP contribution in [0, 0.1) is 0 Å². The fraction of sp³-hybridized carbons (Fsp3) is 1.00. The fourth-order valence-corrected chi connectivity index (χ4v) is 5.61. The summed E-state index contributed by atoms with van der Waals surface area (Å²) in [6.07, 6.45) is 14.4. The SMILES string of the molecule is CC1CCCC(C)[N+]1(C)CCCCCC[N+]1(C)C(C)CCCC1C. The average molecular weight is 339 g/mol. The second-order valence-corrected chi connectivity index (χ2v) is 9.81. The summed E-state index contributed by atoms with van der Waals surface area (Å²) in [6.45, 7) is 12.8. The molecule has 0 amide bonds. The van der Waals surface area contributed by atoms with E-state index in [4.69, 9.17) is 0 Å². The zero-order chi connectivity index (χ0) is 17.8. The Morgan fingerprint density at radius 2 is 0.833 bits per heavy atom. The number of rotatable bonds is 7. The van der Waals surface area contributed by atoms with Crippen molar-refractivity contribution in [3.8, 4) is 0 Å². The summed E-state index contributed by atoms with van der Waals surface area (Å²) in [6, 6.07) is 3.48. The Bertz CT molecular complexity index is 322. The Hall–Kier alpha value is -0.0800. The van der Waals surface area contributed by atoms with Crippen molar-refractivity contribution in [3.63, 3.8) is 0 Å². The molecule has 0 bridgehead atoms. The van der Waals surface area contributed by atoms with Crippen LogP contribution in [0.4, 0.5) is 0 Å². The maximum atomic E-state index is 2.53. The lowest BCUT2D eigenvalue weighted by atomic mass is 9.93. The second kappa shape index (κ2) is 8.54. The molecule has 0 saturated carbocycles. The molecule has 2 heteroatoms. The van der Waals surface area contributed by atoms with Gasteiger partial charge in [-0.15, -0.1) is 0 Å². The molecule has 4 atom stereocenters. The van der Waals surface area contributed by atoms with Gasteiger partial charge >= 0.3 is 0 Å². The smallest absolute Gasteiger partial charge is 0.0861 e. The minimum atomic E-state index is 0.869. The minimum Gasteiger partial charge on any atom is -0.322 e. The molecule has 24 heavy (non-hydrogen) atoms. The Morgan fingerprint density at radius 1 is 0.542 bits per heavy atom. The van der Waals surface area contributed by atoms with E-state index in [2.05, 4.69) is 41.8 Å². The van der Waals surface area contributed by atoms with Gasteiger partial charge in [0.25, 0.3) is 0 Å². The molecule has 0 aromatic rings. The highest BCUT2D eigenvalue weighted by molar-refractivity contribution is 4.68. The summed E-state index contributed by atoms with van der Waals surface area (Å²) >= 11 is 0. The first kappa shape index (κ1) is 20.2. The van der Waals surface area contributed by atoms with Crippen LogP contribution in [-0.2, 0) is 0 Å². The average Bonchev–Trinajstić information content (AvgIpc) is 2.54. The molecule has 0 aliphatic carbocycles. The van der Waals surface area contributed by atoms with Gasteiger partial charge in [0.15, 0.2) is 0 Å². The van der Waals surface area contributed by atoms with E-state index in [1.807, 2.05) is 0 Å². The minimum absolute atomic E-state index is 0.869. The molecule has 0 N–H and O–H groups in total. The number of nitrogens with zero attached hydrogens (tertiary/aromatic N) is 2. The van der Waals surface area contributed by atoms with Crippen LogP contribution in [0.1, 0.15) is 91.9 Å². The third-order valence-corrected chi connectivity index (χ3v) is 8.55. The van der Waals surface area contributed by atoms with E-state index in [9.17, 15) is 0 Å². The molecule has 2 nitrogen and oxygen atoms in total. The third kappa shape index (κ3) is 4.36. The van der Waals surface area contributed by atoms with Gasteiger partial charge in [0.05, 0.1) is 51.4 Å². The van der Waals surface area contributed by atoms with Gasteiger partial charge in [-0.1, -0.05) is 0 Å². The lowest BCUT2D eigenvalue weighted by Gasteiger charge is -2.49. The molecule has 0 aromatic carbocycles. The zero-order valence-corrected chi connectivity index (χ0v) is 17.7. The van der Waals surface area contributed by atoms with E-state index in [0.717, 1.165) is 24.2 Å². The molecule has 2 rings (SSSR count). The molecule has 2 aliphatic heterocycles. The standard InChI is InChI=1S/C22H46N2/c1-19-13-11-14-20(2)23(19,5)17-9-7-8-10-18-24(6)21(3)15-12-16-22(24)4/h19-22H,7-18H2,1-6H3/q+2. The first-order chi connectivity index (χ1) is 11.3. The Balaban J connectivity index is 1.68. The van der Waals surface area contributed by atoms with Crippen LogP contribution in [0.15, 0.2) is 0 Å². The van der Waals surface area contributed by atoms with Crippen LogP contribution in [0.3, 0.4) is 0 Å². The van der Waals surface area contributed by atoms with Gasteiger partial charge in [-0.2, -0.15) is 0 Å². The highest BCUT2D eigenvalue weighted by Gasteiger charge is 2.38. The molecule has 142 valence electrons. The molecule has 0 spiro atoms. The summed E-state index contributed by atoms with van der Waals surface area (Å²) in [5.41, 5.74) is 0. The van der Waals surface area contributed by atoms with Crippen LogP contribution in [0.25, 0.3) is 0 Å². The zero-order valence-electron chi connectivity index (χ0n) is 17.7. The van der Waals surface area contributed by atoms with Gasteiger partial charge in [-0.05, 0) is 91.9 Å². The molecule has 0 aromatic heterocycles. The highest BCUT2D eigenvalue weighted by Crippen LogP contribution is 2.31. The Morgan fingerprint density at radius 3 is 1.12 bits per heavy atom. The van der Waals surface area contributed by atoms with Crippen molar-refractivity contribution in [1.29, 1.82) is 0 Å². The van der Waals surface area contributed by atoms with E-state index in [1.54, 1.807) is 0 Å². The quantitative estimate of drug-likeness (QED) is 0.433. The molecule has 2 fully saturated rings. The van der Waals surface area contributed by atoms with Crippen molar-refractivity contribution in [3.05, 3.63) is 0 Å². The normalized spacial score (nSPS) is 43.8. The van der Waals surface area contributed by atoms with Crippen molar-refractivity contribution < 1.29 is 8.97 Å². The van der Waals surface area contributed by atoms with E-state index in [1.165, 1.54) is 86.3 Å². The maximum absolute atomic E-state index is 2.53. The van der Waals surface area contributed by atoms with Gasteiger partial charge in [-0.25, -0.2) is 0 Å². The lowest BCUT2D eigenvalue weighted by Crippen LogP contribution is -2.59. The van der Waals surface area contributed by atoms with Crippen LogP contribution in [0.2, 0.25) is 0 Å². The molecule has 0 radical (unpaired) electrons. The Labute approximate surface area is 152 Å². The van der Waals surface area contributed by atoms with Gasteiger partial charge in [0.2, 0.25) is 0 Å². The number of unbranched alkanes of at least 4 members (excludes halogenated alkanes) is 3. The van der Waals surface area contributed by atoms with Gasteiger partial charge < -0.3 is 8.97 Å². The van der Waals surface area contributed by atoms with Crippen LogP contribution >= 0.6 is 0 Å². The molecule has 2 aliphatic rings. The number of hydrogen-bond donors (Lipinski definition) is 0. The number of likely N-dealkylation sites (tertiary alicyclic amines) is 2. The molecule has 2 saturated heterocycles. The van der Waals surface area contributed by atoms with Gasteiger partial charge in [-0.3, -0.25) is 0 Å². The van der Waals surface area contributed by atoms with Gasteiger partial charge in [0, 0.05) is 0 Å². The summed E-state index contributed by atoms with van der Waals surface area (Å²) in [5.74, 6) is 0. The second-order valence-electron chi connectivity index (χ2n) is 9.81. The van der Waals surface area contributed by atoms with Crippen molar-refractivity contribution in [2.24, 2.45) is 0 Å². The van der Waals surface area contributed by atoms with Gasteiger partial charge in [0.1, 0.15) is 0 Å².